The number of carbonyl (C=O) groups is 3. The number of likely N-dealkylation sites (tertiary alicyclic amines) is 2. The van der Waals surface area contributed by atoms with Gasteiger partial charge >= 0.3 is 30.3 Å². The van der Waals surface area contributed by atoms with Crippen molar-refractivity contribution in [3.8, 4) is 11.5 Å². The maximum atomic E-state index is 13.6. The number of hydrogen-bond donors (Lipinski definition) is 4. The first-order valence-corrected chi connectivity index (χ1v) is 16.0. The second kappa shape index (κ2) is 17.4. The van der Waals surface area contributed by atoms with Gasteiger partial charge in [-0.1, -0.05) is 6.07 Å². The molecule has 2 amide bonds. The number of alkyl halides is 6. The lowest BCUT2D eigenvalue weighted by Gasteiger charge is -2.48. The number of amides is 2. The van der Waals surface area contributed by atoms with Crippen LogP contribution in [0.2, 0.25) is 0 Å². The Morgan fingerprint density at radius 1 is 0.808 bits per heavy atom. The Balaban J connectivity index is 0.000000441. The van der Waals surface area contributed by atoms with Crippen LogP contribution in [-0.2, 0) is 15.0 Å². The Hall–Kier alpha value is -4.39. The van der Waals surface area contributed by atoms with E-state index < -0.39 is 42.0 Å². The highest BCUT2D eigenvalue weighted by Crippen LogP contribution is 2.51. The number of anilines is 1. The summed E-state index contributed by atoms with van der Waals surface area (Å²) in [5.41, 5.74) is 1.46. The van der Waals surface area contributed by atoms with E-state index in [0.717, 1.165) is 81.8 Å². The molecule has 52 heavy (non-hydrogen) atoms. The summed E-state index contributed by atoms with van der Waals surface area (Å²) >= 11 is 0. The number of benzene rings is 2. The van der Waals surface area contributed by atoms with Crippen LogP contribution in [0.1, 0.15) is 44.1 Å². The molecule has 2 saturated heterocycles. The van der Waals surface area contributed by atoms with E-state index >= 15 is 0 Å². The first-order valence-electron chi connectivity index (χ1n) is 16.0. The van der Waals surface area contributed by atoms with Crippen LogP contribution < -0.4 is 20.1 Å². The minimum absolute atomic E-state index is 0.0228. The number of nitrogens with zero attached hydrogens (tertiary/aromatic N) is 2. The summed E-state index contributed by atoms with van der Waals surface area (Å²) in [6.07, 6.45) is -4.23. The van der Waals surface area contributed by atoms with E-state index in [-0.39, 0.29) is 23.2 Å². The molecule has 0 radical (unpaired) electrons. The normalized spacial score (nSPS) is 22.4. The molecule has 4 N–H and O–H groups in total. The van der Waals surface area contributed by atoms with Crippen molar-refractivity contribution in [2.45, 2.75) is 74.4 Å². The van der Waals surface area contributed by atoms with Gasteiger partial charge in [0.05, 0.1) is 14.2 Å². The summed E-state index contributed by atoms with van der Waals surface area (Å²) in [6.45, 7) is 3.21. The molecule has 1 aliphatic carbocycles. The quantitative estimate of drug-likeness (QED) is 0.260. The van der Waals surface area contributed by atoms with Gasteiger partial charge in [-0.2, -0.15) is 26.3 Å². The smallest absolute Gasteiger partial charge is 0.490 e. The molecule has 1 saturated carbocycles. The molecule has 3 fully saturated rings. The van der Waals surface area contributed by atoms with Crippen LogP contribution in [0.25, 0.3) is 0 Å². The lowest BCUT2D eigenvalue weighted by Crippen LogP contribution is -2.56. The number of hydrogen-bond acceptors (Lipinski definition) is 7. The Kier molecular flexibility index (Phi) is 14.1. The maximum Gasteiger partial charge on any atom is 0.490 e. The molecule has 290 valence electrons. The predicted molar refractivity (Wildman–Crippen MR) is 170 cm³/mol. The number of nitrogens with one attached hydrogen (secondary N) is 2. The molecule has 2 aliphatic heterocycles. The number of rotatable bonds is 6. The number of carboxylic acid groups (broad SMARTS) is 2. The molecule has 2 aromatic rings. The molecule has 11 nitrogen and oxygen atoms in total. The fourth-order valence-corrected chi connectivity index (χ4v) is 6.89. The van der Waals surface area contributed by atoms with Crippen molar-refractivity contribution in [2.75, 3.05) is 46.2 Å². The molecule has 3 atom stereocenters. The van der Waals surface area contributed by atoms with Gasteiger partial charge in [0, 0.05) is 35.3 Å². The molecule has 5 rings (SSSR count). The Morgan fingerprint density at radius 3 is 1.90 bits per heavy atom. The number of carboxylic acids is 2. The van der Waals surface area contributed by atoms with E-state index in [9.17, 15) is 39.9 Å². The van der Waals surface area contributed by atoms with Gasteiger partial charge in [0.15, 0.2) is 23.1 Å². The third kappa shape index (κ3) is 10.8. The van der Waals surface area contributed by atoms with Gasteiger partial charge in [0.1, 0.15) is 0 Å². The van der Waals surface area contributed by atoms with Crippen molar-refractivity contribution in [3.63, 3.8) is 0 Å². The van der Waals surface area contributed by atoms with E-state index in [0.29, 0.717) is 6.04 Å². The monoisotopic (exact) mass is 756 g/mol. The second-order valence-corrected chi connectivity index (χ2v) is 12.6. The Labute approximate surface area is 293 Å². The molecule has 3 unspecified atom stereocenters. The zero-order chi connectivity index (χ0) is 39.0. The number of halogens is 8. The molecule has 2 aromatic carbocycles. The molecule has 0 bridgehead atoms. The van der Waals surface area contributed by atoms with Gasteiger partial charge in [0.2, 0.25) is 0 Å². The number of aliphatic carboxylic acids is 2. The molecule has 0 aromatic heterocycles. The fraction of sp³-hybridized carbons (Fsp3) is 0.545. The first kappa shape index (κ1) is 42.0. The van der Waals surface area contributed by atoms with Gasteiger partial charge in [-0.15, -0.1) is 0 Å². The number of carbonyl (C=O) groups excluding carboxylic acids is 1. The van der Waals surface area contributed by atoms with E-state index in [1.807, 2.05) is 6.07 Å². The summed E-state index contributed by atoms with van der Waals surface area (Å²) in [5, 5.41) is 20.0. The number of fused-ring (bicyclic) bond motifs is 1. The summed E-state index contributed by atoms with van der Waals surface area (Å²) < 4.78 is 102. The van der Waals surface area contributed by atoms with E-state index in [4.69, 9.17) is 29.3 Å². The maximum absolute atomic E-state index is 13.6. The van der Waals surface area contributed by atoms with Gasteiger partial charge in [-0.05, 0) is 95.0 Å². The van der Waals surface area contributed by atoms with E-state index in [1.165, 1.54) is 11.6 Å². The van der Waals surface area contributed by atoms with Gasteiger partial charge < -0.3 is 35.2 Å². The number of methoxy groups -OCH3 is 2. The Morgan fingerprint density at radius 2 is 1.38 bits per heavy atom. The van der Waals surface area contributed by atoms with Crippen molar-refractivity contribution in [1.82, 2.24) is 15.1 Å². The van der Waals surface area contributed by atoms with Crippen molar-refractivity contribution in [3.05, 3.63) is 53.6 Å². The van der Waals surface area contributed by atoms with Gasteiger partial charge in [0.25, 0.3) is 0 Å². The van der Waals surface area contributed by atoms with Crippen molar-refractivity contribution in [2.24, 2.45) is 0 Å². The van der Waals surface area contributed by atoms with Crippen LogP contribution in [-0.4, -0.2) is 109 Å². The number of piperidine rings is 1. The van der Waals surface area contributed by atoms with Gasteiger partial charge in [-0.3, -0.25) is 4.90 Å². The lowest BCUT2D eigenvalue weighted by molar-refractivity contribution is -0.193. The molecular weight excluding hydrogens is 716 g/mol. The third-order valence-corrected chi connectivity index (χ3v) is 9.41. The molecule has 3 aliphatic rings. The zero-order valence-corrected chi connectivity index (χ0v) is 28.4. The van der Waals surface area contributed by atoms with Crippen molar-refractivity contribution >= 4 is 23.7 Å². The minimum atomic E-state index is -5.08. The largest absolute Gasteiger partial charge is 0.493 e. The number of ether oxygens (including phenoxy) is 2. The topological polar surface area (TPSA) is 141 Å². The second-order valence-electron chi connectivity index (χ2n) is 12.6. The first-order chi connectivity index (χ1) is 24.2. The van der Waals surface area contributed by atoms with Crippen molar-refractivity contribution < 1.29 is 69.2 Å². The molecule has 2 heterocycles. The van der Waals surface area contributed by atoms with Crippen molar-refractivity contribution in [1.29, 1.82) is 0 Å². The summed E-state index contributed by atoms with van der Waals surface area (Å²) in [6, 6.07) is 10.1. The molecule has 19 heteroatoms. The highest BCUT2D eigenvalue weighted by Gasteiger charge is 2.53. The fourth-order valence-electron chi connectivity index (χ4n) is 6.89. The lowest BCUT2D eigenvalue weighted by atomic mass is 9.65. The summed E-state index contributed by atoms with van der Waals surface area (Å²) in [5.74, 6) is -5.98. The van der Waals surface area contributed by atoms with Crippen LogP contribution in [0.3, 0.4) is 0 Å². The van der Waals surface area contributed by atoms with Crippen LogP contribution >= 0.6 is 0 Å². The average molecular weight is 757 g/mol. The summed E-state index contributed by atoms with van der Waals surface area (Å²) in [7, 11) is 5.50. The molecular formula is C33H40F8N4O7. The van der Waals surface area contributed by atoms with Gasteiger partial charge in [-0.25, -0.2) is 23.2 Å². The highest BCUT2D eigenvalue weighted by atomic mass is 19.4. The SMILES string of the molecule is COc1ccc(C23CCC(NC(=O)Nc4ccc(F)c(F)c4)CC2N(C2CCN(C)CC2)CC3)cc1OC.O=C(O)C(F)(F)F.O=C(O)C(F)(F)F. The minimum Gasteiger partial charge on any atom is -0.493 e. The predicted octanol–water partition coefficient (Wildman–Crippen LogP) is 6.03. The number of urea groups is 1. The Bertz CT molecular complexity index is 1530. The van der Waals surface area contributed by atoms with Crippen LogP contribution in [0.15, 0.2) is 36.4 Å². The van der Waals surface area contributed by atoms with E-state index in [2.05, 4.69) is 39.6 Å². The zero-order valence-electron chi connectivity index (χ0n) is 28.4. The standard InChI is InChI=1S/C29H38F2N4O3.2C2HF3O2/c1-34-13-9-22(10-14-34)35-15-12-29(19-4-7-25(37-2)26(16-19)38-3)11-8-21(18-27(29)35)33-28(36)32-20-5-6-23(30)24(31)17-20;2*3-2(4,5)1(6)7/h4-7,16-17,21-22,27H,8-15,18H2,1-3H3,(H2,32,33,36);2*(H,6,7). The van der Waals surface area contributed by atoms with E-state index in [1.54, 1.807) is 14.2 Å². The highest BCUT2D eigenvalue weighted by molar-refractivity contribution is 5.89. The van der Waals surface area contributed by atoms with Crippen LogP contribution in [0.4, 0.5) is 45.6 Å². The van der Waals surface area contributed by atoms with Crippen LogP contribution in [0, 0.1) is 11.6 Å². The van der Waals surface area contributed by atoms with Crippen LogP contribution in [0.5, 0.6) is 11.5 Å². The summed E-state index contributed by atoms with van der Waals surface area (Å²) in [4.78, 5) is 35.7. The average Bonchev–Trinajstić information content (AvgIpc) is 3.46. The third-order valence-electron chi connectivity index (χ3n) is 9.41. The molecule has 0 spiro atoms.